The Balaban J connectivity index is 1.77. The summed E-state index contributed by atoms with van der Waals surface area (Å²) in [6.45, 7) is 0.0167. The van der Waals surface area contributed by atoms with Crippen LogP contribution in [0.4, 0.5) is 5.69 Å². The van der Waals surface area contributed by atoms with Crippen LogP contribution >= 0.6 is 11.6 Å². The molecule has 8 heteroatoms. The van der Waals surface area contributed by atoms with Crippen molar-refractivity contribution in [3.63, 3.8) is 0 Å². The predicted molar refractivity (Wildman–Crippen MR) is 122 cm³/mol. The first kappa shape index (κ1) is 22.7. The molecule has 0 aliphatic heterocycles. The van der Waals surface area contributed by atoms with Crippen molar-refractivity contribution < 1.29 is 17.9 Å². The number of carbonyl (C=O) groups excluding carboxylic acids is 1. The van der Waals surface area contributed by atoms with Gasteiger partial charge in [0.05, 0.1) is 17.7 Å². The number of methoxy groups -OCH3 is 1. The fourth-order valence-corrected chi connectivity index (χ4v) is 4.54. The van der Waals surface area contributed by atoms with E-state index in [0.717, 1.165) is 9.87 Å². The maximum absolute atomic E-state index is 13.3. The van der Waals surface area contributed by atoms with Gasteiger partial charge in [-0.05, 0) is 48.4 Å². The van der Waals surface area contributed by atoms with Crippen molar-refractivity contribution in [1.29, 1.82) is 0 Å². The van der Waals surface area contributed by atoms with Crippen molar-refractivity contribution >= 4 is 33.2 Å². The van der Waals surface area contributed by atoms with Crippen molar-refractivity contribution in [1.82, 2.24) is 5.32 Å². The molecular weight excluding hydrogens is 436 g/mol. The number of sulfonamides is 1. The number of halogens is 1. The molecule has 0 aliphatic rings. The summed E-state index contributed by atoms with van der Waals surface area (Å²) in [6.07, 6.45) is 0.605. The van der Waals surface area contributed by atoms with Crippen molar-refractivity contribution in [2.45, 2.75) is 11.3 Å². The summed E-state index contributed by atoms with van der Waals surface area (Å²) < 4.78 is 32.9. The van der Waals surface area contributed by atoms with E-state index in [2.05, 4.69) is 5.32 Å². The molecule has 3 aromatic carbocycles. The number of anilines is 1. The van der Waals surface area contributed by atoms with Crippen LogP contribution in [0.3, 0.4) is 0 Å². The smallest absolute Gasteiger partial charge is 0.264 e. The zero-order valence-electron chi connectivity index (χ0n) is 17.0. The quantitative estimate of drug-likeness (QED) is 0.527. The highest BCUT2D eigenvalue weighted by atomic mass is 35.5. The molecule has 0 aliphatic carbocycles. The minimum absolute atomic E-state index is 0.104. The average molecular weight is 459 g/mol. The van der Waals surface area contributed by atoms with E-state index in [1.165, 1.54) is 19.2 Å². The highest BCUT2D eigenvalue weighted by Gasteiger charge is 2.27. The van der Waals surface area contributed by atoms with E-state index in [0.29, 0.717) is 29.4 Å². The van der Waals surface area contributed by atoms with Gasteiger partial charge in [0, 0.05) is 17.6 Å². The van der Waals surface area contributed by atoms with E-state index in [1.807, 2.05) is 12.1 Å². The summed E-state index contributed by atoms with van der Waals surface area (Å²) in [4.78, 5) is 12.7. The number of hydrogen-bond donors (Lipinski definition) is 1. The molecule has 1 N–H and O–H groups in total. The van der Waals surface area contributed by atoms with E-state index >= 15 is 0 Å². The number of carbonyl (C=O) groups is 1. The third-order valence-corrected chi connectivity index (χ3v) is 6.65. The molecule has 0 spiro atoms. The highest BCUT2D eigenvalue weighted by molar-refractivity contribution is 7.92. The van der Waals surface area contributed by atoms with Crippen LogP contribution < -0.4 is 14.4 Å². The fraction of sp³-hybridized carbons (Fsp3) is 0.174. The van der Waals surface area contributed by atoms with Gasteiger partial charge >= 0.3 is 0 Å². The zero-order chi connectivity index (χ0) is 22.3. The summed E-state index contributed by atoms with van der Waals surface area (Å²) in [6, 6.07) is 22.0. The second-order valence-corrected chi connectivity index (χ2v) is 9.05. The van der Waals surface area contributed by atoms with Gasteiger partial charge in [-0.1, -0.05) is 48.0 Å². The van der Waals surface area contributed by atoms with Crippen LogP contribution in [0.1, 0.15) is 5.56 Å². The molecule has 0 unspecified atom stereocenters. The summed E-state index contributed by atoms with van der Waals surface area (Å²) in [5, 5.41) is 3.44. The summed E-state index contributed by atoms with van der Waals surface area (Å²) in [5.74, 6) is 0.0881. The van der Waals surface area contributed by atoms with Crippen LogP contribution in [0.25, 0.3) is 0 Å². The number of nitrogens with one attached hydrogen (secondary N) is 1. The lowest BCUT2D eigenvalue weighted by atomic mass is 10.1. The molecule has 0 saturated carbocycles. The average Bonchev–Trinajstić information content (AvgIpc) is 2.79. The van der Waals surface area contributed by atoms with E-state index in [4.69, 9.17) is 16.3 Å². The van der Waals surface area contributed by atoms with Gasteiger partial charge < -0.3 is 10.1 Å². The van der Waals surface area contributed by atoms with Crippen LogP contribution in [0.15, 0.2) is 83.8 Å². The van der Waals surface area contributed by atoms with Gasteiger partial charge in [0.25, 0.3) is 10.0 Å². The first-order chi connectivity index (χ1) is 14.9. The van der Waals surface area contributed by atoms with E-state index in [-0.39, 0.29) is 11.4 Å². The lowest BCUT2D eigenvalue weighted by Crippen LogP contribution is -2.41. The maximum Gasteiger partial charge on any atom is 0.264 e. The third-order valence-electron chi connectivity index (χ3n) is 4.61. The Bertz CT molecular complexity index is 1120. The van der Waals surface area contributed by atoms with Gasteiger partial charge in [0.2, 0.25) is 5.91 Å². The lowest BCUT2D eigenvalue weighted by molar-refractivity contribution is -0.119. The molecule has 0 saturated heterocycles. The number of hydrogen-bond acceptors (Lipinski definition) is 4. The molecular formula is C23H23ClN2O4S. The number of benzene rings is 3. The van der Waals surface area contributed by atoms with Crippen LogP contribution in [0, 0.1) is 0 Å². The van der Waals surface area contributed by atoms with Crippen molar-refractivity contribution in [3.8, 4) is 5.75 Å². The first-order valence-corrected chi connectivity index (χ1v) is 11.4. The van der Waals surface area contributed by atoms with Crippen LogP contribution in [0.5, 0.6) is 5.75 Å². The Morgan fingerprint density at radius 2 is 1.71 bits per heavy atom. The van der Waals surface area contributed by atoms with Crippen LogP contribution in [-0.2, 0) is 21.2 Å². The van der Waals surface area contributed by atoms with Crippen molar-refractivity contribution in [2.24, 2.45) is 0 Å². The molecule has 0 atom stereocenters. The number of ether oxygens (including phenoxy) is 1. The molecule has 0 fully saturated rings. The minimum Gasteiger partial charge on any atom is -0.497 e. The van der Waals surface area contributed by atoms with Crippen molar-refractivity contribution in [2.75, 3.05) is 24.5 Å². The first-order valence-electron chi connectivity index (χ1n) is 9.63. The summed E-state index contributed by atoms with van der Waals surface area (Å²) in [5.41, 5.74) is 1.36. The van der Waals surface area contributed by atoms with Gasteiger partial charge in [-0.25, -0.2) is 8.42 Å². The Morgan fingerprint density at radius 1 is 1.00 bits per heavy atom. The fourth-order valence-electron chi connectivity index (χ4n) is 2.98. The summed E-state index contributed by atoms with van der Waals surface area (Å²) in [7, 11) is -2.46. The van der Waals surface area contributed by atoms with E-state index < -0.39 is 15.9 Å². The van der Waals surface area contributed by atoms with Gasteiger partial charge in [-0.2, -0.15) is 0 Å². The van der Waals surface area contributed by atoms with Crippen LogP contribution in [0.2, 0.25) is 5.02 Å². The minimum atomic E-state index is -3.95. The number of rotatable bonds is 9. The normalized spacial score (nSPS) is 11.0. The Hall–Kier alpha value is -3.03. The van der Waals surface area contributed by atoms with Gasteiger partial charge in [-0.15, -0.1) is 0 Å². The molecule has 0 aromatic heterocycles. The second kappa shape index (κ2) is 10.3. The Labute approximate surface area is 187 Å². The lowest BCUT2D eigenvalue weighted by Gasteiger charge is -2.24. The SMILES string of the molecule is COc1cccc(N(CC(=O)NCCc2ccc(Cl)cc2)S(=O)(=O)c2ccccc2)c1. The largest absolute Gasteiger partial charge is 0.497 e. The molecule has 1 amide bonds. The van der Waals surface area contributed by atoms with E-state index in [1.54, 1.807) is 54.6 Å². The van der Waals surface area contributed by atoms with Crippen LogP contribution in [-0.4, -0.2) is 34.5 Å². The third kappa shape index (κ3) is 5.99. The number of nitrogens with zero attached hydrogens (tertiary/aromatic N) is 1. The molecule has 3 rings (SSSR count). The maximum atomic E-state index is 13.3. The van der Waals surface area contributed by atoms with Gasteiger partial charge in [-0.3, -0.25) is 9.10 Å². The molecule has 0 bridgehead atoms. The van der Waals surface area contributed by atoms with Crippen molar-refractivity contribution in [3.05, 3.63) is 89.4 Å². The van der Waals surface area contributed by atoms with Gasteiger partial charge in [0.15, 0.2) is 0 Å². The Kier molecular flexibility index (Phi) is 7.55. The molecule has 0 heterocycles. The monoisotopic (exact) mass is 458 g/mol. The predicted octanol–water partition coefficient (Wildman–Crippen LogP) is 3.90. The molecule has 31 heavy (non-hydrogen) atoms. The zero-order valence-corrected chi connectivity index (χ0v) is 18.6. The van der Waals surface area contributed by atoms with Gasteiger partial charge in [0.1, 0.15) is 12.3 Å². The second-order valence-electron chi connectivity index (χ2n) is 6.75. The number of amides is 1. The summed E-state index contributed by atoms with van der Waals surface area (Å²) >= 11 is 5.89. The molecule has 162 valence electrons. The molecule has 3 aromatic rings. The molecule has 0 radical (unpaired) electrons. The van der Waals surface area contributed by atoms with E-state index in [9.17, 15) is 13.2 Å². The standard InChI is InChI=1S/C23H23ClN2O4S/c1-30-21-7-5-6-20(16-21)26(31(28,29)22-8-3-2-4-9-22)17-23(27)25-15-14-18-10-12-19(24)13-11-18/h2-13,16H,14-15,17H2,1H3,(H,25,27). The molecule has 6 nitrogen and oxygen atoms in total. The highest BCUT2D eigenvalue weighted by Crippen LogP contribution is 2.26. The topological polar surface area (TPSA) is 75.7 Å². The Morgan fingerprint density at radius 3 is 2.39 bits per heavy atom.